The quantitative estimate of drug-likeness (QED) is 0.472. The summed E-state index contributed by atoms with van der Waals surface area (Å²) in [6.45, 7) is 5.59. The predicted octanol–water partition coefficient (Wildman–Crippen LogP) is 3.44. The predicted molar refractivity (Wildman–Crippen MR) is 62.9 cm³/mol. The van der Waals surface area contributed by atoms with E-state index in [-0.39, 0.29) is 5.78 Å². The summed E-state index contributed by atoms with van der Waals surface area (Å²) in [5.41, 5.74) is 1.68. The molecular formula is C11H11IO. The zero-order valence-corrected chi connectivity index (χ0v) is 9.67. The van der Waals surface area contributed by atoms with Crippen LogP contribution in [0.2, 0.25) is 0 Å². The average Bonchev–Trinajstić information content (AvgIpc) is 2.03. The molecule has 1 aromatic rings. The number of allylic oxidation sites excluding steroid dienone is 1. The van der Waals surface area contributed by atoms with Gasteiger partial charge in [-0.3, -0.25) is 4.79 Å². The minimum Gasteiger partial charge on any atom is -0.294 e. The van der Waals surface area contributed by atoms with Gasteiger partial charge in [0.15, 0.2) is 5.78 Å². The summed E-state index contributed by atoms with van der Waals surface area (Å²) in [6.07, 6.45) is 0.445. The number of halogens is 1. The molecule has 1 rings (SSSR count). The Bertz CT molecular complexity index is 342. The molecule has 0 fully saturated rings. The summed E-state index contributed by atoms with van der Waals surface area (Å²) in [4.78, 5) is 11.5. The van der Waals surface area contributed by atoms with E-state index in [9.17, 15) is 4.79 Å². The van der Waals surface area contributed by atoms with Gasteiger partial charge in [0.2, 0.25) is 0 Å². The highest BCUT2D eigenvalue weighted by Gasteiger charge is 2.05. The molecule has 0 bridgehead atoms. The molecule has 0 aliphatic rings. The Balaban J connectivity index is 2.83. The van der Waals surface area contributed by atoms with Crippen molar-refractivity contribution in [1.82, 2.24) is 0 Å². The van der Waals surface area contributed by atoms with Crippen LogP contribution in [-0.2, 0) is 0 Å². The van der Waals surface area contributed by atoms with Crippen molar-refractivity contribution in [2.24, 2.45) is 0 Å². The van der Waals surface area contributed by atoms with Crippen LogP contribution in [0.5, 0.6) is 0 Å². The van der Waals surface area contributed by atoms with Gasteiger partial charge < -0.3 is 0 Å². The molecule has 0 aliphatic carbocycles. The van der Waals surface area contributed by atoms with Crippen LogP contribution < -0.4 is 0 Å². The van der Waals surface area contributed by atoms with E-state index >= 15 is 0 Å². The Morgan fingerprint density at radius 2 is 2.23 bits per heavy atom. The minimum absolute atomic E-state index is 0.144. The first-order chi connectivity index (χ1) is 6.09. The van der Waals surface area contributed by atoms with E-state index in [0.717, 1.165) is 14.7 Å². The molecule has 13 heavy (non-hydrogen) atoms. The Kier molecular flexibility index (Phi) is 3.66. The van der Waals surface area contributed by atoms with Crippen molar-refractivity contribution in [3.05, 3.63) is 45.6 Å². The zero-order chi connectivity index (χ0) is 9.84. The second kappa shape index (κ2) is 4.56. The third kappa shape index (κ3) is 3.30. The summed E-state index contributed by atoms with van der Waals surface area (Å²) in [5.74, 6) is 0.144. The van der Waals surface area contributed by atoms with Gasteiger partial charge in [0.25, 0.3) is 0 Å². The molecule has 0 N–H and O–H groups in total. The molecule has 2 heteroatoms. The van der Waals surface area contributed by atoms with Gasteiger partial charge in [-0.05, 0) is 41.6 Å². The molecule has 0 spiro atoms. The highest BCUT2D eigenvalue weighted by Crippen LogP contribution is 2.11. The van der Waals surface area contributed by atoms with Crippen LogP contribution in [0.4, 0.5) is 0 Å². The lowest BCUT2D eigenvalue weighted by molar-refractivity contribution is 0.0993. The van der Waals surface area contributed by atoms with Gasteiger partial charge in [-0.2, -0.15) is 0 Å². The number of ketones is 1. The molecule has 68 valence electrons. The van der Waals surface area contributed by atoms with Crippen LogP contribution in [-0.4, -0.2) is 5.78 Å². The number of hydrogen-bond donors (Lipinski definition) is 0. The molecule has 1 nitrogen and oxygen atoms in total. The number of rotatable bonds is 3. The van der Waals surface area contributed by atoms with Gasteiger partial charge in [-0.25, -0.2) is 0 Å². The van der Waals surface area contributed by atoms with E-state index < -0.39 is 0 Å². The maximum Gasteiger partial charge on any atom is 0.166 e. The largest absolute Gasteiger partial charge is 0.294 e. The second-order valence-electron chi connectivity index (χ2n) is 3.07. The fraction of sp³-hybridized carbons (Fsp3) is 0.182. The summed E-state index contributed by atoms with van der Waals surface area (Å²) in [7, 11) is 0. The van der Waals surface area contributed by atoms with E-state index in [4.69, 9.17) is 0 Å². The molecule has 0 radical (unpaired) electrons. The maximum absolute atomic E-state index is 11.5. The molecule has 0 atom stereocenters. The van der Waals surface area contributed by atoms with Crippen molar-refractivity contribution >= 4 is 28.4 Å². The molecular weight excluding hydrogens is 275 g/mol. The molecule has 0 amide bonds. The summed E-state index contributed by atoms with van der Waals surface area (Å²) < 4.78 is 1.09. The minimum atomic E-state index is 0.144. The second-order valence-corrected chi connectivity index (χ2v) is 4.31. The summed E-state index contributed by atoms with van der Waals surface area (Å²) >= 11 is 2.20. The Labute approximate surface area is 92.0 Å². The van der Waals surface area contributed by atoms with E-state index in [1.807, 2.05) is 31.2 Å². The van der Waals surface area contributed by atoms with Crippen LogP contribution in [0.3, 0.4) is 0 Å². The van der Waals surface area contributed by atoms with Crippen molar-refractivity contribution in [2.75, 3.05) is 0 Å². The molecule has 0 heterocycles. The molecule has 0 aliphatic heterocycles. The van der Waals surface area contributed by atoms with E-state index in [1.165, 1.54) is 0 Å². The van der Waals surface area contributed by atoms with E-state index in [1.54, 1.807) is 0 Å². The first-order valence-corrected chi connectivity index (χ1v) is 5.10. The third-order valence-corrected chi connectivity index (χ3v) is 2.28. The third-order valence-electron chi connectivity index (χ3n) is 1.61. The van der Waals surface area contributed by atoms with Gasteiger partial charge >= 0.3 is 0 Å². The highest BCUT2D eigenvalue weighted by atomic mass is 127. The van der Waals surface area contributed by atoms with Crippen molar-refractivity contribution in [1.29, 1.82) is 0 Å². The monoisotopic (exact) mass is 286 g/mol. The molecule has 0 aromatic heterocycles. The van der Waals surface area contributed by atoms with Gasteiger partial charge in [0, 0.05) is 15.6 Å². The van der Waals surface area contributed by atoms with E-state index in [2.05, 4.69) is 29.2 Å². The number of hydrogen-bond acceptors (Lipinski definition) is 1. The Morgan fingerprint density at radius 3 is 2.77 bits per heavy atom. The SMILES string of the molecule is C=C(C)CC(=O)c1cccc(I)c1. The molecule has 0 saturated heterocycles. The fourth-order valence-corrected chi connectivity index (χ4v) is 1.58. The smallest absolute Gasteiger partial charge is 0.166 e. The normalized spacial score (nSPS) is 9.69. The lowest BCUT2D eigenvalue weighted by Crippen LogP contribution is -1.99. The van der Waals surface area contributed by atoms with Crippen LogP contribution in [0.15, 0.2) is 36.4 Å². The maximum atomic E-state index is 11.5. The van der Waals surface area contributed by atoms with E-state index in [0.29, 0.717) is 6.42 Å². The first-order valence-electron chi connectivity index (χ1n) is 4.03. The van der Waals surface area contributed by atoms with Crippen molar-refractivity contribution in [2.45, 2.75) is 13.3 Å². The summed E-state index contributed by atoms with van der Waals surface area (Å²) in [5, 5.41) is 0. The standard InChI is InChI=1S/C11H11IO/c1-8(2)6-11(13)9-4-3-5-10(12)7-9/h3-5,7H,1,6H2,2H3. The number of carbonyl (C=O) groups excluding carboxylic acids is 1. The summed E-state index contributed by atoms with van der Waals surface area (Å²) in [6, 6.07) is 7.60. The van der Waals surface area contributed by atoms with Crippen LogP contribution >= 0.6 is 22.6 Å². The van der Waals surface area contributed by atoms with Crippen LogP contribution in [0.1, 0.15) is 23.7 Å². The van der Waals surface area contributed by atoms with Crippen molar-refractivity contribution in [3.8, 4) is 0 Å². The number of Topliss-reactive ketones (excluding diaryl/α,β-unsaturated/α-hetero) is 1. The molecule has 0 unspecified atom stereocenters. The molecule has 0 saturated carbocycles. The Hall–Kier alpha value is -0.640. The topological polar surface area (TPSA) is 17.1 Å². The van der Waals surface area contributed by atoms with Gasteiger partial charge in [0.1, 0.15) is 0 Å². The average molecular weight is 286 g/mol. The lowest BCUT2D eigenvalue weighted by Gasteiger charge is -2.00. The number of carbonyl (C=O) groups is 1. The van der Waals surface area contributed by atoms with Gasteiger partial charge in [-0.1, -0.05) is 24.3 Å². The lowest BCUT2D eigenvalue weighted by atomic mass is 10.1. The molecule has 1 aromatic carbocycles. The first kappa shape index (κ1) is 10.4. The highest BCUT2D eigenvalue weighted by molar-refractivity contribution is 14.1. The Morgan fingerprint density at radius 1 is 1.54 bits per heavy atom. The van der Waals surface area contributed by atoms with Gasteiger partial charge in [0.05, 0.1) is 0 Å². The fourth-order valence-electron chi connectivity index (χ4n) is 1.04. The number of benzene rings is 1. The zero-order valence-electron chi connectivity index (χ0n) is 7.51. The van der Waals surface area contributed by atoms with Crippen LogP contribution in [0, 0.1) is 3.57 Å². The van der Waals surface area contributed by atoms with Gasteiger partial charge in [-0.15, -0.1) is 0 Å². The van der Waals surface area contributed by atoms with Crippen LogP contribution in [0.25, 0.3) is 0 Å². The van der Waals surface area contributed by atoms with Crippen molar-refractivity contribution < 1.29 is 4.79 Å². The van der Waals surface area contributed by atoms with Crippen molar-refractivity contribution in [3.63, 3.8) is 0 Å².